The monoisotopic (exact) mass is 457 g/mol. The largest absolute Gasteiger partial charge is 0.462 e. The van der Waals surface area contributed by atoms with Gasteiger partial charge in [-0.05, 0) is 45.4 Å². The Balaban J connectivity index is 1.93. The molecule has 1 atom stereocenters. The fraction of sp³-hybridized carbons (Fsp3) is 0.391. The Bertz CT molecular complexity index is 1210. The third kappa shape index (κ3) is 4.63. The molecule has 3 rings (SSSR count). The number of fused-ring (bicyclic) bond motifs is 1. The van der Waals surface area contributed by atoms with Crippen LogP contribution in [0.4, 0.5) is 0 Å². The van der Waals surface area contributed by atoms with Gasteiger partial charge in [-0.3, -0.25) is 14.2 Å². The lowest BCUT2D eigenvalue weighted by atomic mass is 10.1. The number of thioether (sulfide) groups is 1. The summed E-state index contributed by atoms with van der Waals surface area (Å²) in [6.45, 7) is 7.65. The maximum absolute atomic E-state index is 13.1. The highest BCUT2D eigenvalue weighted by atomic mass is 32.2. The summed E-state index contributed by atoms with van der Waals surface area (Å²) in [5, 5.41) is 0.958. The molecule has 0 saturated heterocycles. The van der Waals surface area contributed by atoms with E-state index in [-0.39, 0.29) is 29.7 Å². The molecule has 170 valence electrons. The van der Waals surface area contributed by atoms with Crippen LogP contribution in [0.2, 0.25) is 0 Å². The number of aromatic amines is 1. The zero-order chi connectivity index (χ0) is 23.4. The molecule has 0 radical (unpaired) electrons. The predicted molar refractivity (Wildman–Crippen MR) is 124 cm³/mol. The van der Waals surface area contributed by atoms with Gasteiger partial charge in [0.05, 0.1) is 47.2 Å². The molecule has 3 aromatic rings. The second-order valence-electron chi connectivity index (χ2n) is 7.45. The van der Waals surface area contributed by atoms with Gasteiger partial charge in [-0.2, -0.15) is 0 Å². The van der Waals surface area contributed by atoms with Crippen LogP contribution in [-0.4, -0.2) is 52.4 Å². The second-order valence-corrected chi connectivity index (χ2v) is 8.39. The number of esters is 1. The highest BCUT2D eigenvalue weighted by Gasteiger charge is 2.24. The average molecular weight is 458 g/mol. The van der Waals surface area contributed by atoms with Gasteiger partial charge >= 0.3 is 5.97 Å². The summed E-state index contributed by atoms with van der Waals surface area (Å²) >= 11 is 1.19. The van der Waals surface area contributed by atoms with E-state index in [0.29, 0.717) is 45.2 Å². The standard InChI is InChI=1S/C23H27N3O5S/c1-6-31-22(29)19-14(3)20(24-15(19)4)18(27)12-32-23-25-17-10-8-7-9-16(17)21(28)26(23)13(2)11-30-5/h7-10,13,24H,6,11-12H2,1-5H3/t13-/m0/s1. The Morgan fingerprint density at radius 2 is 1.97 bits per heavy atom. The van der Waals surface area contributed by atoms with E-state index in [1.54, 1.807) is 50.6 Å². The van der Waals surface area contributed by atoms with Crippen molar-refractivity contribution in [3.8, 4) is 0 Å². The molecule has 0 fully saturated rings. The fourth-order valence-electron chi connectivity index (χ4n) is 3.67. The lowest BCUT2D eigenvalue weighted by molar-refractivity contribution is 0.0525. The molecule has 2 aromatic heterocycles. The number of carbonyl (C=O) groups excluding carboxylic acids is 2. The number of rotatable bonds is 9. The Hall–Kier alpha value is -2.91. The average Bonchev–Trinajstić information content (AvgIpc) is 3.06. The van der Waals surface area contributed by atoms with Crippen molar-refractivity contribution in [3.63, 3.8) is 0 Å². The number of benzene rings is 1. The van der Waals surface area contributed by atoms with E-state index in [9.17, 15) is 14.4 Å². The molecule has 1 N–H and O–H groups in total. The van der Waals surface area contributed by atoms with Crippen LogP contribution in [0.3, 0.4) is 0 Å². The minimum absolute atomic E-state index is 0.0491. The number of para-hydroxylation sites is 1. The number of Topliss-reactive ketones (excluding diaryl/α,β-unsaturated/α-hetero) is 1. The van der Waals surface area contributed by atoms with Gasteiger partial charge in [-0.15, -0.1) is 0 Å². The predicted octanol–water partition coefficient (Wildman–Crippen LogP) is 3.70. The van der Waals surface area contributed by atoms with Crippen molar-refractivity contribution in [2.75, 3.05) is 26.1 Å². The number of methoxy groups -OCH3 is 1. The number of carbonyl (C=O) groups is 2. The maximum atomic E-state index is 13.1. The molecule has 0 unspecified atom stereocenters. The van der Waals surface area contributed by atoms with E-state index in [1.165, 1.54) is 11.8 Å². The van der Waals surface area contributed by atoms with Gasteiger partial charge in [0, 0.05) is 12.8 Å². The minimum atomic E-state index is -0.455. The third-order valence-electron chi connectivity index (χ3n) is 5.15. The summed E-state index contributed by atoms with van der Waals surface area (Å²) in [6, 6.07) is 6.87. The number of hydrogen-bond acceptors (Lipinski definition) is 7. The first-order valence-corrected chi connectivity index (χ1v) is 11.3. The summed E-state index contributed by atoms with van der Waals surface area (Å²) < 4.78 is 11.9. The first kappa shape index (κ1) is 23.7. The van der Waals surface area contributed by atoms with E-state index < -0.39 is 5.97 Å². The van der Waals surface area contributed by atoms with Gasteiger partial charge in [-0.25, -0.2) is 9.78 Å². The Morgan fingerprint density at radius 1 is 1.25 bits per heavy atom. The van der Waals surface area contributed by atoms with E-state index in [2.05, 4.69) is 9.97 Å². The molecule has 9 heteroatoms. The molecule has 2 heterocycles. The number of ether oxygens (including phenoxy) is 2. The van der Waals surface area contributed by atoms with Crippen LogP contribution >= 0.6 is 11.8 Å². The minimum Gasteiger partial charge on any atom is -0.462 e. The van der Waals surface area contributed by atoms with E-state index >= 15 is 0 Å². The molecule has 0 aliphatic rings. The van der Waals surface area contributed by atoms with Gasteiger partial charge in [0.2, 0.25) is 0 Å². The van der Waals surface area contributed by atoms with Crippen molar-refractivity contribution in [1.29, 1.82) is 0 Å². The zero-order valence-electron chi connectivity index (χ0n) is 18.9. The molecule has 32 heavy (non-hydrogen) atoms. The Morgan fingerprint density at radius 3 is 2.66 bits per heavy atom. The number of aromatic nitrogens is 3. The molecule has 0 amide bonds. The van der Waals surface area contributed by atoms with Crippen molar-refractivity contribution < 1.29 is 19.1 Å². The van der Waals surface area contributed by atoms with Gasteiger partial charge in [0.25, 0.3) is 5.56 Å². The van der Waals surface area contributed by atoms with Crippen molar-refractivity contribution in [2.45, 2.75) is 38.9 Å². The van der Waals surface area contributed by atoms with Crippen molar-refractivity contribution in [2.24, 2.45) is 0 Å². The van der Waals surface area contributed by atoms with E-state index in [1.807, 2.05) is 13.0 Å². The van der Waals surface area contributed by atoms with Gasteiger partial charge in [0.15, 0.2) is 10.9 Å². The summed E-state index contributed by atoms with van der Waals surface area (Å²) in [7, 11) is 1.57. The number of H-pyrrole nitrogens is 1. The normalized spacial score (nSPS) is 12.2. The molecule has 0 aliphatic carbocycles. The molecular formula is C23H27N3O5S. The van der Waals surface area contributed by atoms with E-state index in [0.717, 1.165) is 0 Å². The van der Waals surface area contributed by atoms with Crippen LogP contribution in [0.5, 0.6) is 0 Å². The quantitative estimate of drug-likeness (QED) is 0.226. The second kappa shape index (κ2) is 10.1. The number of hydrogen-bond donors (Lipinski definition) is 1. The topological polar surface area (TPSA) is 103 Å². The van der Waals surface area contributed by atoms with Crippen LogP contribution in [0.1, 0.15) is 52.0 Å². The van der Waals surface area contributed by atoms with Crippen LogP contribution in [-0.2, 0) is 9.47 Å². The summed E-state index contributed by atoms with van der Waals surface area (Å²) in [5.41, 5.74) is 2.29. The summed E-state index contributed by atoms with van der Waals surface area (Å²) in [6.07, 6.45) is 0. The molecule has 8 nitrogen and oxygen atoms in total. The Labute approximate surface area is 190 Å². The SMILES string of the molecule is CCOC(=O)c1c(C)[nH]c(C(=O)CSc2nc3ccccc3c(=O)n2[C@@H](C)COC)c1C. The van der Waals surface area contributed by atoms with Crippen LogP contribution in [0, 0.1) is 13.8 Å². The molecule has 0 spiro atoms. The number of ketones is 1. The Kier molecular flexibility index (Phi) is 7.52. The number of nitrogens with one attached hydrogen (secondary N) is 1. The third-order valence-corrected chi connectivity index (χ3v) is 6.11. The smallest absolute Gasteiger partial charge is 0.340 e. The molecule has 0 bridgehead atoms. The van der Waals surface area contributed by atoms with Crippen LogP contribution < -0.4 is 5.56 Å². The summed E-state index contributed by atoms with van der Waals surface area (Å²) in [5.74, 6) is -0.601. The van der Waals surface area contributed by atoms with Gasteiger partial charge < -0.3 is 14.5 Å². The van der Waals surface area contributed by atoms with E-state index in [4.69, 9.17) is 9.47 Å². The lowest BCUT2D eigenvalue weighted by Crippen LogP contribution is -2.28. The zero-order valence-corrected chi connectivity index (χ0v) is 19.7. The molecule has 1 aromatic carbocycles. The lowest BCUT2D eigenvalue weighted by Gasteiger charge is -2.18. The molecule has 0 saturated carbocycles. The number of aryl methyl sites for hydroxylation is 1. The van der Waals surface area contributed by atoms with Gasteiger partial charge in [-0.1, -0.05) is 23.9 Å². The summed E-state index contributed by atoms with van der Waals surface area (Å²) in [4.78, 5) is 46.0. The van der Waals surface area contributed by atoms with Crippen LogP contribution in [0.15, 0.2) is 34.2 Å². The highest BCUT2D eigenvalue weighted by Crippen LogP contribution is 2.25. The highest BCUT2D eigenvalue weighted by molar-refractivity contribution is 7.99. The van der Waals surface area contributed by atoms with Crippen molar-refractivity contribution >= 4 is 34.4 Å². The molecule has 0 aliphatic heterocycles. The van der Waals surface area contributed by atoms with Crippen LogP contribution in [0.25, 0.3) is 10.9 Å². The first-order chi connectivity index (χ1) is 15.3. The van der Waals surface area contributed by atoms with Crippen molar-refractivity contribution in [3.05, 3.63) is 57.1 Å². The number of nitrogens with zero attached hydrogens (tertiary/aromatic N) is 2. The fourth-order valence-corrected chi connectivity index (χ4v) is 4.64. The maximum Gasteiger partial charge on any atom is 0.340 e. The van der Waals surface area contributed by atoms with Crippen molar-refractivity contribution in [1.82, 2.24) is 14.5 Å². The van der Waals surface area contributed by atoms with Gasteiger partial charge in [0.1, 0.15) is 0 Å². The first-order valence-electron chi connectivity index (χ1n) is 10.3. The molecular weight excluding hydrogens is 430 g/mol.